The zero-order chi connectivity index (χ0) is 54.8. The van der Waals surface area contributed by atoms with Crippen molar-refractivity contribution >= 4 is 109 Å². The maximum Gasteiger partial charge on any atom is 0.264 e. The Labute approximate surface area is 481 Å². The fourth-order valence-electron chi connectivity index (χ4n) is 5.41. The predicted octanol–water partition coefficient (Wildman–Crippen LogP) is 9.23. The average Bonchev–Trinajstić information content (AvgIpc) is 3.39. The molecule has 0 amide bonds. The molecule has 428 valence electrons. The first-order valence-corrected chi connectivity index (χ1v) is 33.1. The molecule has 0 aliphatic carbocycles. The van der Waals surface area contributed by atoms with Crippen LogP contribution in [0.4, 0.5) is 17.1 Å². The Balaban J connectivity index is 0.00000123. The molecule has 0 bridgehead atoms. The number of rotatable bonds is 25. The fraction of sp³-hybridized carbons (Fsp3) is 0.321. The van der Waals surface area contributed by atoms with Gasteiger partial charge in [0.15, 0.2) is 37.9 Å². The van der Waals surface area contributed by atoms with Crippen LogP contribution in [0, 0.1) is 0 Å². The van der Waals surface area contributed by atoms with Gasteiger partial charge in [0.05, 0.1) is 83.1 Å². The molecule has 0 N–H and O–H groups in total. The molecule has 6 aromatic rings. The summed E-state index contributed by atoms with van der Waals surface area (Å²) < 4.78 is 82.9. The molecule has 3 heterocycles. The van der Waals surface area contributed by atoms with Crippen LogP contribution < -0.4 is 24.2 Å². The first kappa shape index (κ1) is 72.7. The lowest BCUT2D eigenvalue weighted by Gasteiger charge is -2.11. The highest BCUT2D eigenvalue weighted by molar-refractivity contribution is 8.77. The highest BCUT2D eigenvalue weighted by atomic mass is 33.1. The summed E-state index contributed by atoms with van der Waals surface area (Å²) in [6, 6.07) is 42.5. The second-order valence-corrected chi connectivity index (χ2v) is 25.5. The number of hydrazone groups is 3. The molecular formula is C53H76N9O9S7+. The first-order chi connectivity index (χ1) is 35.7. The predicted molar refractivity (Wildman–Crippen MR) is 332 cm³/mol. The Morgan fingerprint density at radius 3 is 1.03 bits per heavy atom. The highest BCUT2D eigenvalue weighted by Gasteiger charge is 2.06. The average molecular weight is 1210 g/mol. The largest absolute Gasteiger partial charge is 0.748 e. The third-order valence-corrected chi connectivity index (χ3v) is 14.9. The zero-order valence-electron chi connectivity index (χ0n) is 42.5. The number of aryl methyl sites for hydroxylation is 2. The van der Waals surface area contributed by atoms with Crippen LogP contribution in [0.2, 0.25) is 0 Å². The number of benzene rings is 3. The molecule has 0 saturated heterocycles. The van der Waals surface area contributed by atoms with E-state index in [1.165, 1.54) is 21.6 Å². The molecule has 78 heavy (non-hydrogen) atoms. The summed E-state index contributed by atoms with van der Waals surface area (Å²) in [4.78, 5) is 3.96. The third-order valence-electron chi connectivity index (χ3n) is 9.03. The second-order valence-electron chi connectivity index (χ2n) is 15.4. The number of aromatic nitrogens is 3. The number of hydrogen-bond donors (Lipinski definition) is 0. The molecule has 0 aliphatic heterocycles. The molecule has 0 radical (unpaired) electrons. The van der Waals surface area contributed by atoms with E-state index < -0.39 is 30.4 Å². The monoisotopic (exact) mass is 1210 g/mol. The smallest absolute Gasteiger partial charge is 0.264 e. The van der Waals surface area contributed by atoms with E-state index in [9.17, 15) is 16.8 Å². The fourth-order valence-corrected chi connectivity index (χ4v) is 10.0. The lowest BCUT2D eigenvalue weighted by Crippen LogP contribution is -2.34. The van der Waals surface area contributed by atoms with Crippen LogP contribution in [0.5, 0.6) is 0 Å². The van der Waals surface area contributed by atoms with Gasteiger partial charge in [-0.3, -0.25) is 28.4 Å². The van der Waals surface area contributed by atoms with Crippen LogP contribution in [-0.4, -0.2) is 130 Å². The van der Waals surface area contributed by atoms with Gasteiger partial charge in [0.2, 0.25) is 0 Å². The minimum atomic E-state index is -3.92. The SMILES string of the molecule is C.C.C.CN(/N=C/c1cc[n+](CCSSCC[n+]2ccc(/C=N/N(C)c3ccccc3)cc2)cc1)c1ccccc1.CN(/N=C/c1ccncc1)c1ccccc1.CS(=O)(=O)OCCSSCCOS(C)(=O)=O.CS(=O)(=O)[O-]. The van der Waals surface area contributed by atoms with Crippen LogP contribution in [-0.2, 0) is 51.8 Å². The summed E-state index contributed by atoms with van der Waals surface area (Å²) in [5.74, 6) is 3.15. The van der Waals surface area contributed by atoms with E-state index in [1.54, 1.807) is 12.4 Å². The van der Waals surface area contributed by atoms with Crippen LogP contribution >= 0.6 is 43.2 Å². The summed E-state index contributed by atoms with van der Waals surface area (Å²) in [6.07, 6.45) is 20.2. The molecule has 18 nitrogen and oxygen atoms in total. The van der Waals surface area contributed by atoms with E-state index in [0.717, 1.165) is 70.9 Å². The van der Waals surface area contributed by atoms with Gasteiger partial charge in [-0.15, -0.1) is 0 Å². The maximum atomic E-state index is 10.6. The Bertz CT molecular complexity index is 2770. The molecule has 0 atom stereocenters. The van der Waals surface area contributed by atoms with Crippen LogP contribution in [0.25, 0.3) is 0 Å². The normalized spacial score (nSPS) is 11.1. The number of nitrogens with zero attached hydrogens (tertiary/aromatic N) is 9. The van der Waals surface area contributed by atoms with Gasteiger partial charge in [-0.25, -0.2) is 17.6 Å². The lowest BCUT2D eigenvalue weighted by atomic mass is 10.3. The molecule has 25 heteroatoms. The standard InChI is InChI=1S/C30H34N6S2.C13H13N3.C6H14O6S4.CH4O3S.3CH4/c1-33(29-9-5-3-6-10-29)31-25-27-13-17-35(18-14-27)21-23-37-38-24-22-36-19-15-28(16-20-36)26-32-34(2)30-11-7-4-8-12-30;1-16(13-5-3-2-4-6-13)15-11-12-7-9-14-10-8-12;1-15(7,8)11-3-5-13-14-6-4-12-16(2,9)10;1-5(2,3)4;;;/h3-20,25-26H,21-24H2,1-2H3;2-11H,1H3;3-6H2,1-2H3;1H3,(H,2,3,4);3*1H4/q+2;;;;;;/p-1/b;15-11+;;;;;. The maximum absolute atomic E-state index is 10.6. The molecule has 6 rings (SSSR count). The Hall–Kier alpha value is -5.35. The quantitative estimate of drug-likeness (QED) is 0.00994. The van der Waals surface area contributed by atoms with Crippen molar-refractivity contribution in [2.24, 2.45) is 15.3 Å². The van der Waals surface area contributed by atoms with E-state index in [1.807, 2.05) is 180 Å². The van der Waals surface area contributed by atoms with E-state index in [0.29, 0.717) is 17.8 Å². The van der Waals surface area contributed by atoms with Crippen molar-refractivity contribution in [2.75, 3.05) is 91.2 Å². The molecule has 0 spiro atoms. The molecule has 0 aliphatic rings. The number of pyridine rings is 3. The van der Waals surface area contributed by atoms with E-state index in [-0.39, 0.29) is 35.5 Å². The molecule has 0 fully saturated rings. The Kier molecular flexibility index (Phi) is 38.0. The van der Waals surface area contributed by atoms with Crippen molar-refractivity contribution in [3.8, 4) is 0 Å². The Morgan fingerprint density at radius 2 is 0.744 bits per heavy atom. The molecule has 3 aromatic carbocycles. The van der Waals surface area contributed by atoms with Gasteiger partial charge in [0.1, 0.15) is 0 Å². The molecule has 3 aromatic heterocycles. The highest BCUT2D eigenvalue weighted by Crippen LogP contribution is 2.21. The number of anilines is 3. The van der Waals surface area contributed by atoms with Gasteiger partial charge in [-0.1, -0.05) is 120 Å². The van der Waals surface area contributed by atoms with E-state index >= 15 is 0 Å². The van der Waals surface area contributed by atoms with Crippen molar-refractivity contribution in [1.82, 2.24) is 4.98 Å². The minimum absolute atomic E-state index is 0. The van der Waals surface area contributed by atoms with Crippen molar-refractivity contribution in [3.63, 3.8) is 0 Å². The van der Waals surface area contributed by atoms with Gasteiger partial charge >= 0.3 is 0 Å². The number of para-hydroxylation sites is 3. The molecule has 0 unspecified atom stereocenters. The summed E-state index contributed by atoms with van der Waals surface area (Å²) in [5, 5.41) is 19.0. The summed E-state index contributed by atoms with van der Waals surface area (Å²) in [7, 11) is 1.82. The van der Waals surface area contributed by atoms with Crippen molar-refractivity contribution in [3.05, 3.63) is 181 Å². The summed E-state index contributed by atoms with van der Waals surface area (Å²) in [6.45, 7) is 2.20. The van der Waals surface area contributed by atoms with Crippen LogP contribution in [0.15, 0.2) is 180 Å². The lowest BCUT2D eigenvalue weighted by molar-refractivity contribution is -0.692. The van der Waals surface area contributed by atoms with Crippen LogP contribution in [0.3, 0.4) is 0 Å². The van der Waals surface area contributed by atoms with E-state index in [4.69, 9.17) is 13.0 Å². The zero-order valence-corrected chi connectivity index (χ0v) is 48.2. The van der Waals surface area contributed by atoms with Gasteiger partial charge in [0.25, 0.3) is 20.2 Å². The van der Waals surface area contributed by atoms with Crippen molar-refractivity contribution in [2.45, 2.75) is 35.4 Å². The third kappa shape index (κ3) is 37.5. The van der Waals surface area contributed by atoms with Gasteiger partial charge < -0.3 is 4.55 Å². The number of hydrogen-bond acceptors (Lipinski definition) is 20. The van der Waals surface area contributed by atoms with Crippen LogP contribution in [0.1, 0.15) is 39.0 Å². The Morgan fingerprint density at radius 1 is 0.474 bits per heavy atom. The first-order valence-electron chi connectivity index (χ1n) is 22.7. The van der Waals surface area contributed by atoms with Gasteiger partial charge in [-0.2, -0.15) is 32.1 Å². The van der Waals surface area contributed by atoms with Gasteiger partial charge in [-0.05, 0) is 54.1 Å². The summed E-state index contributed by atoms with van der Waals surface area (Å²) in [5.41, 5.74) is 6.41. The van der Waals surface area contributed by atoms with E-state index in [2.05, 4.69) is 86.8 Å². The van der Waals surface area contributed by atoms with Gasteiger partial charge in [0, 0.05) is 86.7 Å². The van der Waals surface area contributed by atoms with Crippen molar-refractivity contribution < 1.29 is 47.3 Å². The second kappa shape index (κ2) is 40.8. The molecular weight excluding hydrogens is 1130 g/mol. The summed E-state index contributed by atoms with van der Waals surface area (Å²) >= 11 is 0. The van der Waals surface area contributed by atoms with Crippen molar-refractivity contribution in [1.29, 1.82) is 0 Å². The topological polar surface area (TPSA) is 211 Å². The molecule has 0 saturated carbocycles. The minimum Gasteiger partial charge on any atom is -0.748 e.